The van der Waals surface area contributed by atoms with Crippen molar-refractivity contribution in [1.29, 1.82) is 0 Å². The Labute approximate surface area is 154 Å². The van der Waals surface area contributed by atoms with Crippen LogP contribution in [0.15, 0.2) is 30.3 Å². The number of hydrogen-bond acceptors (Lipinski definition) is 6. The fraction of sp³-hybridized carbons (Fsp3) is 0.650. The second kappa shape index (κ2) is 8.95. The second-order valence-corrected chi connectivity index (χ2v) is 7.46. The number of epoxide rings is 1. The SMILES string of the molecule is CC1(C)CCC(COCC(COCC2CO2)OC(=O)c2ccccc2)O1. The molecule has 2 saturated heterocycles. The van der Waals surface area contributed by atoms with Crippen LogP contribution < -0.4 is 0 Å². The summed E-state index contributed by atoms with van der Waals surface area (Å²) in [6, 6.07) is 8.94. The Morgan fingerprint density at radius 3 is 2.38 bits per heavy atom. The van der Waals surface area contributed by atoms with Gasteiger partial charge < -0.3 is 23.7 Å². The monoisotopic (exact) mass is 364 g/mol. The molecule has 0 aliphatic carbocycles. The van der Waals surface area contributed by atoms with E-state index in [4.69, 9.17) is 23.7 Å². The van der Waals surface area contributed by atoms with Gasteiger partial charge in [0.2, 0.25) is 0 Å². The molecule has 6 nitrogen and oxygen atoms in total. The number of hydrogen-bond donors (Lipinski definition) is 0. The van der Waals surface area contributed by atoms with Crippen molar-refractivity contribution >= 4 is 5.97 Å². The van der Waals surface area contributed by atoms with E-state index in [1.807, 2.05) is 18.2 Å². The summed E-state index contributed by atoms with van der Waals surface area (Å²) in [6.45, 7) is 6.49. The quantitative estimate of drug-likeness (QED) is 0.470. The third kappa shape index (κ3) is 6.36. The second-order valence-electron chi connectivity index (χ2n) is 7.46. The van der Waals surface area contributed by atoms with Crippen molar-refractivity contribution in [1.82, 2.24) is 0 Å². The van der Waals surface area contributed by atoms with Crippen molar-refractivity contribution < 1.29 is 28.5 Å². The van der Waals surface area contributed by atoms with E-state index in [1.165, 1.54) is 0 Å². The highest BCUT2D eigenvalue weighted by Crippen LogP contribution is 2.29. The van der Waals surface area contributed by atoms with Crippen LogP contribution in [0, 0.1) is 0 Å². The van der Waals surface area contributed by atoms with Crippen LogP contribution in [0.3, 0.4) is 0 Å². The van der Waals surface area contributed by atoms with Crippen LogP contribution in [0.2, 0.25) is 0 Å². The van der Waals surface area contributed by atoms with E-state index in [0.717, 1.165) is 19.4 Å². The van der Waals surface area contributed by atoms with Gasteiger partial charge in [0.05, 0.1) is 50.3 Å². The summed E-state index contributed by atoms with van der Waals surface area (Å²) in [5, 5.41) is 0. The van der Waals surface area contributed by atoms with Gasteiger partial charge in [-0.05, 0) is 38.8 Å². The Morgan fingerprint density at radius 2 is 1.81 bits per heavy atom. The van der Waals surface area contributed by atoms with Gasteiger partial charge in [-0.2, -0.15) is 0 Å². The molecule has 3 atom stereocenters. The average Bonchev–Trinajstić information content (AvgIpc) is 3.38. The van der Waals surface area contributed by atoms with Gasteiger partial charge in [0.25, 0.3) is 0 Å². The van der Waals surface area contributed by atoms with Gasteiger partial charge in [-0.25, -0.2) is 4.79 Å². The van der Waals surface area contributed by atoms with Crippen LogP contribution in [0.5, 0.6) is 0 Å². The first-order valence-corrected chi connectivity index (χ1v) is 9.23. The standard InChI is InChI=1S/C20H28O6/c1-20(2)9-8-16(26-20)10-22-12-18(13-23-11-17-14-24-17)25-19(21)15-6-4-3-5-7-15/h3-7,16-18H,8-14H2,1-2H3. The molecular weight excluding hydrogens is 336 g/mol. The lowest BCUT2D eigenvalue weighted by molar-refractivity contribution is -0.0788. The molecule has 2 fully saturated rings. The molecule has 0 bridgehead atoms. The van der Waals surface area contributed by atoms with Crippen LogP contribution in [-0.4, -0.2) is 62.9 Å². The number of carbonyl (C=O) groups is 1. The van der Waals surface area contributed by atoms with Gasteiger partial charge in [0.15, 0.2) is 0 Å². The molecule has 0 aromatic heterocycles. The van der Waals surface area contributed by atoms with E-state index < -0.39 is 6.10 Å². The van der Waals surface area contributed by atoms with Crippen molar-refractivity contribution in [2.45, 2.75) is 50.6 Å². The molecule has 1 aromatic rings. The van der Waals surface area contributed by atoms with Crippen LogP contribution >= 0.6 is 0 Å². The summed E-state index contributed by atoms with van der Waals surface area (Å²) in [6.07, 6.45) is 1.82. The molecule has 0 saturated carbocycles. The van der Waals surface area contributed by atoms with Gasteiger partial charge in [-0.15, -0.1) is 0 Å². The number of rotatable bonds is 10. The number of carbonyl (C=O) groups excluding carboxylic acids is 1. The minimum Gasteiger partial charge on any atom is -0.454 e. The molecule has 3 rings (SSSR count). The Morgan fingerprint density at radius 1 is 1.15 bits per heavy atom. The van der Waals surface area contributed by atoms with Crippen molar-refractivity contribution in [2.75, 3.05) is 33.0 Å². The zero-order valence-electron chi connectivity index (χ0n) is 15.5. The Bertz CT molecular complexity index is 569. The van der Waals surface area contributed by atoms with Crippen molar-refractivity contribution in [3.63, 3.8) is 0 Å². The smallest absolute Gasteiger partial charge is 0.338 e. The van der Waals surface area contributed by atoms with E-state index >= 15 is 0 Å². The Hall–Kier alpha value is -1.47. The highest BCUT2D eigenvalue weighted by molar-refractivity contribution is 5.89. The molecule has 0 N–H and O–H groups in total. The first-order valence-electron chi connectivity index (χ1n) is 9.23. The normalized spacial score (nSPS) is 25.0. The summed E-state index contributed by atoms with van der Waals surface area (Å²) in [5.74, 6) is -0.372. The molecule has 0 spiro atoms. The maximum atomic E-state index is 12.3. The average molecular weight is 364 g/mol. The summed E-state index contributed by atoms with van der Waals surface area (Å²) >= 11 is 0. The van der Waals surface area contributed by atoms with E-state index in [2.05, 4.69) is 13.8 Å². The van der Waals surface area contributed by atoms with Crippen molar-refractivity contribution in [3.8, 4) is 0 Å². The zero-order valence-corrected chi connectivity index (χ0v) is 15.5. The predicted octanol–water partition coefficient (Wildman–Crippen LogP) is 2.60. The Kier molecular flexibility index (Phi) is 6.64. The minimum atomic E-state index is -0.462. The minimum absolute atomic E-state index is 0.0828. The molecule has 26 heavy (non-hydrogen) atoms. The van der Waals surface area contributed by atoms with E-state index in [1.54, 1.807) is 12.1 Å². The van der Waals surface area contributed by atoms with Gasteiger partial charge in [-0.1, -0.05) is 18.2 Å². The van der Waals surface area contributed by atoms with E-state index in [9.17, 15) is 4.79 Å². The van der Waals surface area contributed by atoms with Crippen LogP contribution in [-0.2, 0) is 23.7 Å². The van der Waals surface area contributed by atoms with Crippen molar-refractivity contribution in [3.05, 3.63) is 35.9 Å². The lowest BCUT2D eigenvalue weighted by Crippen LogP contribution is -2.31. The largest absolute Gasteiger partial charge is 0.454 e. The third-order valence-corrected chi connectivity index (χ3v) is 4.45. The summed E-state index contributed by atoms with van der Waals surface area (Å²) in [4.78, 5) is 12.3. The van der Waals surface area contributed by atoms with Gasteiger partial charge in [-0.3, -0.25) is 0 Å². The molecule has 6 heteroatoms. The molecule has 3 unspecified atom stereocenters. The van der Waals surface area contributed by atoms with Crippen LogP contribution in [0.1, 0.15) is 37.0 Å². The van der Waals surface area contributed by atoms with Gasteiger partial charge >= 0.3 is 5.97 Å². The highest BCUT2D eigenvalue weighted by atomic mass is 16.6. The molecular formula is C20H28O6. The summed E-state index contributed by atoms with van der Waals surface area (Å²) < 4.78 is 28.0. The van der Waals surface area contributed by atoms with Crippen molar-refractivity contribution in [2.24, 2.45) is 0 Å². The van der Waals surface area contributed by atoms with E-state index in [0.29, 0.717) is 18.8 Å². The molecule has 0 radical (unpaired) electrons. The predicted molar refractivity (Wildman–Crippen MR) is 95.2 cm³/mol. The lowest BCUT2D eigenvalue weighted by Gasteiger charge is -2.21. The van der Waals surface area contributed by atoms with Gasteiger partial charge in [0, 0.05) is 0 Å². The van der Waals surface area contributed by atoms with E-state index in [-0.39, 0.29) is 37.0 Å². The summed E-state index contributed by atoms with van der Waals surface area (Å²) in [7, 11) is 0. The Balaban J connectivity index is 1.45. The molecule has 2 heterocycles. The number of esters is 1. The molecule has 0 amide bonds. The van der Waals surface area contributed by atoms with Crippen LogP contribution in [0.25, 0.3) is 0 Å². The van der Waals surface area contributed by atoms with Gasteiger partial charge in [0.1, 0.15) is 12.2 Å². The highest BCUT2D eigenvalue weighted by Gasteiger charge is 2.32. The number of ether oxygens (including phenoxy) is 5. The maximum Gasteiger partial charge on any atom is 0.338 e. The lowest BCUT2D eigenvalue weighted by atomic mass is 10.1. The fourth-order valence-corrected chi connectivity index (χ4v) is 2.93. The number of benzene rings is 1. The molecule has 2 aliphatic heterocycles. The fourth-order valence-electron chi connectivity index (χ4n) is 2.93. The molecule has 144 valence electrons. The maximum absolute atomic E-state index is 12.3. The van der Waals surface area contributed by atoms with Crippen LogP contribution in [0.4, 0.5) is 0 Å². The first-order chi connectivity index (χ1) is 12.5. The summed E-state index contributed by atoms with van der Waals surface area (Å²) in [5.41, 5.74) is 0.435. The molecule has 1 aromatic carbocycles. The molecule has 2 aliphatic rings. The zero-order chi connectivity index (χ0) is 18.4. The topological polar surface area (TPSA) is 66.5 Å². The first kappa shape index (κ1) is 19.3. The third-order valence-electron chi connectivity index (χ3n) is 4.45.